The molecule has 0 aliphatic rings. The second-order valence-electron chi connectivity index (χ2n) is 4.85. The van der Waals surface area contributed by atoms with Crippen LogP contribution in [-0.2, 0) is 13.5 Å². The molecule has 0 radical (unpaired) electrons. The van der Waals surface area contributed by atoms with Crippen LogP contribution in [-0.4, -0.2) is 21.1 Å². The van der Waals surface area contributed by atoms with Gasteiger partial charge in [0, 0.05) is 25.7 Å². The van der Waals surface area contributed by atoms with Gasteiger partial charge in [-0.1, -0.05) is 12.1 Å². The Balaban J connectivity index is 1.73. The van der Waals surface area contributed by atoms with Gasteiger partial charge in [-0.3, -0.25) is 0 Å². The second kappa shape index (κ2) is 5.33. The van der Waals surface area contributed by atoms with Crippen LogP contribution in [0.2, 0.25) is 0 Å². The van der Waals surface area contributed by atoms with Crippen LogP contribution >= 0.6 is 0 Å². The third kappa shape index (κ3) is 2.50. The predicted octanol–water partition coefficient (Wildman–Crippen LogP) is 2.90. The van der Waals surface area contributed by atoms with E-state index in [1.54, 1.807) is 6.20 Å². The molecule has 1 aromatic carbocycles. The molecule has 20 heavy (non-hydrogen) atoms. The fourth-order valence-corrected chi connectivity index (χ4v) is 2.25. The lowest BCUT2D eigenvalue weighted by atomic mass is 10.2. The molecule has 0 saturated carbocycles. The van der Waals surface area contributed by atoms with Crippen molar-refractivity contribution in [3.8, 4) is 5.88 Å². The Hall–Kier alpha value is -2.36. The highest BCUT2D eigenvalue weighted by molar-refractivity contribution is 5.76. The lowest BCUT2D eigenvalue weighted by Gasteiger charge is -2.05. The highest BCUT2D eigenvalue weighted by Gasteiger charge is 2.07. The maximum absolute atomic E-state index is 5.62. The third-order valence-electron chi connectivity index (χ3n) is 3.34. The summed E-state index contributed by atoms with van der Waals surface area (Å²) < 4.78 is 7.75. The Bertz CT molecular complexity index is 719. The van der Waals surface area contributed by atoms with Crippen LogP contribution in [0, 0.1) is 6.92 Å². The normalized spacial score (nSPS) is 10.9. The maximum atomic E-state index is 5.62. The summed E-state index contributed by atoms with van der Waals surface area (Å²) in [5.74, 6) is 1.68. The first-order chi connectivity index (χ1) is 9.74. The molecule has 0 spiro atoms. The van der Waals surface area contributed by atoms with E-state index in [0.29, 0.717) is 12.5 Å². The summed E-state index contributed by atoms with van der Waals surface area (Å²) >= 11 is 0. The van der Waals surface area contributed by atoms with Gasteiger partial charge in [-0.25, -0.2) is 9.97 Å². The Morgan fingerprint density at radius 1 is 1.20 bits per heavy atom. The van der Waals surface area contributed by atoms with Gasteiger partial charge in [0.15, 0.2) is 0 Å². The highest BCUT2D eigenvalue weighted by Crippen LogP contribution is 2.17. The zero-order valence-corrected chi connectivity index (χ0v) is 11.7. The summed E-state index contributed by atoms with van der Waals surface area (Å²) in [6.45, 7) is 2.67. The molecular weight excluding hydrogens is 250 g/mol. The van der Waals surface area contributed by atoms with Gasteiger partial charge >= 0.3 is 0 Å². The number of aromatic nitrogens is 3. The van der Waals surface area contributed by atoms with Crippen molar-refractivity contribution in [3.05, 3.63) is 54.0 Å². The minimum atomic E-state index is 0.577. The summed E-state index contributed by atoms with van der Waals surface area (Å²) in [7, 11) is 2.05. The van der Waals surface area contributed by atoms with E-state index in [9.17, 15) is 0 Å². The molecular formula is C16H17N3O. The molecule has 0 amide bonds. The highest BCUT2D eigenvalue weighted by atomic mass is 16.5. The van der Waals surface area contributed by atoms with E-state index in [2.05, 4.69) is 39.7 Å². The summed E-state index contributed by atoms with van der Waals surface area (Å²) in [6.07, 6.45) is 2.49. The molecule has 0 aliphatic carbocycles. The number of aryl methyl sites for hydroxylation is 2. The smallest absolute Gasteiger partial charge is 0.213 e. The lowest BCUT2D eigenvalue weighted by molar-refractivity contribution is 0.305. The van der Waals surface area contributed by atoms with Crippen LogP contribution in [0.15, 0.2) is 42.6 Å². The molecule has 4 heteroatoms. The standard InChI is InChI=1S/C16H17N3O/c1-12-6-7-13-14(11-12)19(2)15(18-13)8-10-20-16-5-3-4-9-17-16/h3-7,9,11H,8,10H2,1-2H3. The van der Waals surface area contributed by atoms with Crippen molar-refractivity contribution in [3.63, 3.8) is 0 Å². The fraction of sp³-hybridized carbons (Fsp3) is 0.250. The fourth-order valence-electron chi connectivity index (χ4n) is 2.25. The Morgan fingerprint density at radius 2 is 2.10 bits per heavy atom. The number of fused-ring (bicyclic) bond motifs is 1. The number of hydrogen-bond acceptors (Lipinski definition) is 3. The Labute approximate surface area is 118 Å². The van der Waals surface area contributed by atoms with E-state index in [0.717, 1.165) is 23.3 Å². The molecule has 0 bridgehead atoms. The van der Waals surface area contributed by atoms with Crippen molar-refractivity contribution in [1.29, 1.82) is 0 Å². The van der Waals surface area contributed by atoms with Crippen molar-refractivity contribution in [2.75, 3.05) is 6.61 Å². The number of imidazole rings is 1. The van der Waals surface area contributed by atoms with Crippen LogP contribution in [0.25, 0.3) is 11.0 Å². The van der Waals surface area contributed by atoms with E-state index < -0.39 is 0 Å². The number of pyridine rings is 1. The van der Waals surface area contributed by atoms with Crippen molar-refractivity contribution in [1.82, 2.24) is 14.5 Å². The summed E-state index contributed by atoms with van der Waals surface area (Å²) in [5.41, 5.74) is 3.44. The largest absolute Gasteiger partial charge is 0.477 e. The molecule has 0 atom stereocenters. The molecule has 0 unspecified atom stereocenters. The van der Waals surface area contributed by atoms with Crippen molar-refractivity contribution in [2.24, 2.45) is 7.05 Å². The topological polar surface area (TPSA) is 39.9 Å². The van der Waals surface area contributed by atoms with Crippen LogP contribution in [0.1, 0.15) is 11.4 Å². The van der Waals surface area contributed by atoms with Crippen LogP contribution < -0.4 is 4.74 Å². The van der Waals surface area contributed by atoms with E-state index >= 15 is 0 Å². The van der Waals surface area contributed by atoms with Gasteiger partial charge in [-0.15, -0.1) is 0 Å². The molecule has 0 N–H and O–H groups in total. The lowest BCUT2D eigenvalue weighted by Crippen LogP contribution is -2.07. The Morgan fingerprint density at radius 3 is 2.90 bits per heavy atom. The molecule has 0 fully saturated rings. The van der Waals surface area contributed by atoms with Crippen molar-refractivity contribution < 1.29 is 4.74 Å². The number of hydrogen-bond donors (Lipinski definition) is 0. The van der Waals surface area contributed by atoms with Crippen LogP contribution in [0.4, 0.5) is 0 Å². The predicted molar refractivity (Wildman–Crippen MR) is 78.9 cm³/mol. The first kappa shape index (κ1) is 12.7. The van der Waals surface area contributed by atoms with E-state index in [4.69, 9.17) is 4.74 Å². The SMILES string of the molecule is Cc1ccc2nc(CCOc3ccccn3)n(C)c2c1. The van der Waals surface area contributed by atoms with Gasteiger partial charge in [-0.2, -0.15) is 0 Å². The maximum Gasteiger partial charge on any atom is 0.213 e. The molecule has 2 heterocycles. The first-order valence-electron chi connectivity index (χ1n) is 6.70. The van der Waals surface area contributed by atoms with Crippen LogP contribution in [0.3, 0.4) is 0 Å². The zero-order valence-electron chi connectivity index (χ0n) is 11.7. The monoisotopic (exact) mass is 267 g/mol. The average molecular weight is 267 g/mol. The minimum absolute atomic E-state index is 0.577. The van der Waals surface area contributed by atoms with Gasteiger partial charge < -0.3 is 9.30 Å². The summed E-state index contributed by atoms with van der Waals surface area (Å²) in [4.78, 5) is 8.78. The molecule has 0 aliphatic heterocycles. The van der Waals surface area contributed by atoms with E-state index in [1.165, 1.54) is 5.56 Å². The number of benzene rings is 1. The Kier molecular flexibility index (Phi) is 3.37. The van der Waals surface area contributed by atoms with Crippen molar-refractivity contribution in [2.45, 2.75) is 13.3 Å². The molecule has 2 aromatic heterocycles. The summed E-state index contributed by atoms with van der Waals surface area (Å²) in [5, 5.41) is 0. The minimum Gasteiger partial charge on any atom is -0.477 e. The zero-order chi connectivity index (χ0) is 13.9. The second-order valence-corrected chi connectivity index (χ2v) is 4.85. The molecule has 3 aromatic rings. The van der Waals surface area contributed by atoms with E-state index in [1.807, 2.05) is 25.2 Å². The van der Waals surface area contributed by atoms with E-state index in [-0.39, 0.29) is 0 Å². The van der Waals surface area contributed by atoms with Gasteiger partial charge in [0.05, 0.1) is 17.6 Å². The third-order valence-corrected chi connectivity index (χ3v) is 3.34. The number of nitrogens with zero attached hydrogens (tertiary/aromatic N) is 3. The van der Waals surface area contributed by atoms with Gasteiger partial charge in [0.2, 0.25) is 5.88 Å². The van der Waals surface area contributed by atoms with Crippen molar-refractivity contribution >= 4 is 11.0 Å². The number of ether oxygens (including phenoxy) is 1. The average Bonchev–Trinajstić information content (AvgIpc) is 2.77. The molecule has 0 saturated heterocycles. The van der Waals surface area contributed by atoms with Gasteiger partial charge in [0.1, 0.15) is 5.82 Å². The van der Waals surface area contributed by atoms with Crippen LogP contribution in [0.5, 0.6) is 5.88 Å². The van der Waals surface area contributed by atoms with Gasteiger partial charge in [-0.05, 0) is 30.7 Å². The summed E-state index contributed by atoms with van der Waals surface area (Å²) in [6, 6.07) is 12.0. The molecule has 4 nitrogen and oxygen atoms in total. The number of rotatable bonds is 4. The molecule has 3 rings (SSSR count). The van der Waals surface area contributed by atoms with Gasteiger partial charge in [0.25, 0.3) is 0 Å². The molecule has 102 valence electrons. The first-order valence-corrected chi connectivity index (χ1v) is 6.70. The quantitative estimate of drug-likeness (QED) is 0.729.